The molecule has 5 nitrogen and oxygen atoms in total. The van der Waals surface area contributed by atoms with Crippen LogP contribution in [0.15, 0.2) is 34.9 Å². The zero-order valence-corrected chi connectivity index (χ0v) is 16.5. The van der Waals surface area contributed by atoms with Crippen molar-refractivity contribution in [2.24, 2.45) is 0 Å². The Bertz CT molecular complexity index is 831. The number of halogens is 1. The van der Waals surface area contributed by atoms with Gasteiger partial charge in [0.1, 0.15) is 11.6 Å². The van der Waals surface area contributed by atoms with Crippen molar-refractivity contribution in [3.05, 3.63) is 53.5 Å². The Balaban J connectivity index is 1.43. The summed E-state index contributed by atoms with van der Waals surface area (Å²) in [5.41, 5.74) is 0.299. The average molecular weight is 385 g/mol. The molecule has 6 heteroatoms. The molecule has 3 heterocycles. The van der Waals surface area contributed by atoms with Gasteiger partial charge in [-0.1, -0.05) is 18.2 Å². The number of benzene rings is 1. The third-order valence-corrected chi connectivity index (χ3v) is 6.00. The minimum Gasteiger partial charge on any atom is -0.445 e. The minimum absolute atomic E-state index is 0.200. The van der Waals surface area contributed by atoms with E-state index in [9.17, 15) is 9.18 Å². The Labute approximate surface area is 165 Å². The van der Waals surface area contributed by atoms with Gasteiger partial charge >= 0.3 is 0 Å². The summed E-state index contributed by atoms with van der Waals surface area (Å²) in [6.45, 7) is 6.09. The zero-order valence-electron chi connectivity index (χ0n) is 16.5. The maximum atomic E-state index is 13.9. The van der Waals surface area contributed by atoms with E-state index < -0.39 is 0 Å². The number of oxazole rings is 1. The summed E-state index contributed by atoms with van der Waals surface area (Å²) in [4.78, 5) is 21.4. The molecular weight excluding hydrogens is 357 g/mol. The Morgan fingerprint density at radius 2 is 2.00 bits per heavy atom. The summed E-state index contributed by atoms with van der Waals surface area (Å²) in [6.07, 6.45) is 6.32. The second-order valence-electron chi connectivity index (χ2n) is 8.36. The van der Waals surface area contributed by atoms with E-state index in [4.69, 9.17) is 4.42 Å². The van der Waals surface area contributed by atoms with Gasteiger partial charge in [0.25, 0.3) is 0 Å². The Kier molecular flexibility index (Phi) is 5.49. The van der Waals surface area contributed by atoms with E-state index >= 15 is 0 Å². The quantitative estimate of drug-likeness (QED) is 0.792. The molecule has 1 unspecified atom stereocenters. The smallest absolute Gasteiger partial charge is 0.236 e. The lowest BCUT2D eigenvalue weighted by atomic mass is 9.81. The van der Waals surface area contributed by atoms with Gasteiger partial charge in [-0.3, -0.25) is 9.69 Å². The van der Waals surface area contributed by atoms with Gasteiger partial charge in [-0.2, -0.15) is 0 Å². The van der Waals surface area contributed by atoms with Crippen LogP contribution in [0.5, 0.6) is 0 Å². The van der Waals surface area contributed by atoms with Gasteiger partial charge in [-0.25, -0.2) is 9.37 Å². The lowest BCUT2D eigenvalue weighted by Crippen LogP contribution is -2.49. The molecular formula is C22H28FN3O2. The summed E-state index contributed by atoms with van der Waals surface area (Å²) < 4.78 is 19.9. The zero-order chi connectivity index (χ0) is 19.6. The van der Waals surface area contributed by atoms with Crippen LogP contribution in [-0.4, -0.2) is 53.4 Å². The number of likely N-dealkylation sites (tertiary alicyclic amines) is 2. The van der Waals surface area contributed by atoms with Crippen molar-refractivity contribution in [3.8, 4) is 0 Å². The highest BCUT2D eigenvalue weighted by Crippen LogP contribution is 2.34. The number of carbonyl (C=O) groups is 1. The van der Waals surface area contributed by atoms with E-state index in [0.29, 0.717) is 36.7 Å². The van der Waals surface area contributed by atoms with Crippen LogP contribution in [-0.2, 0) is 16.6 Å². The normalized spacial score (nSPS) is 23.3. The molecule has 1 aromatic carbocycles. The van der Waals surface area contributed by atoms with Crippen LogP contribution < -0.4 is 0 Å². The molecule has 150 valence electrons. The van der Waals surface area contributed by atoms with Crippen molar-refractivity contribution in [1.82, 2.24) is 14.8 Å². The van der Waals surface area contributed by atoms with Crippen LogP contribution in [0.1, 0.15) is 49.8 Å². The molecule has 2 aliphatic heterocycles. The number of nitrogens with zero attached hydrogens (tertiary/aromatic N) is 3. The average Bonchev–Trinajstić information content (AvgIpc) is 3.36. The lowest BCUT2D eigenvalue weighted by molar-refractivity contribution is -0.134. The van der Waals surface area contributed by atoms with Crippen LogP contribution in [0.2, 0.25) is 0 Å². The van der Waals surface area contributed by atoms with Crippen LogP contribution in [0, 0.1) is 5.82 Å². The molecule has 1 amide bonds. The van der Waals surface area contributed by atoms with Crippen molar-refractivity contribution in [1.29, 1.82) is 0 Å². The van der Waals surface area contributed by atoms with Crippen LogP contribution in [0.4, 0.5) is 4.39 Å². The topological polar surface area (TPSA) is 49.6 Å². The largest absolute Gasteiger partial charge is 0.445 e. The molecule has 0 radical (unpaired) electrons. The Morgan fingerprint density at radius 3 is 2.79 bits per heavy atom. The minimum atomic E-state index is -0.299. The van der Waals surface area contributed by atoms with Gasteiger partial charge < -0.3 is 9.32 Å². The predicted octanol–water partition coefficient (Wildman–Crippen LogP) is 3.38. The number of aromatic nitrogens is 1. The molecule has 2 saturated heterocycles. The van der Waals surface area contributed by atoms with E-state index in [-0.39, 0.29) is 17.1 Å². The first kappa shape index (κ1) is 19.1. The number of amides is 1. The first-order valence-electron chi connectivity index (χ1n) is 10.2. The molecule has 1 atom stereocenters. The van der Waals surface area contributed by atoms with Gasteiger partial charge in [0.15, 0.2) is 0 Å². The highest BCUT2D eigenvalue weighted by atomic mass is 19.1. The SMILES string of the molecule is CC1(c2ncc(Cc3ccccc3F)o2)CCCN(C(=O)CN2CCCC2)C1. The summed E-state index contributed by atoms with van der Waals surface area (Å²) in [7, 11) is 0. The summed E-state index contributed by atoms with van der Waals surface area (Å²) in [6, 6.07) is 6.72. The molecule has 0 N–H and O–H groups in total. The molecule has 0 spiro atoms. The standard InChI is InChI=1S/C22H28FN3O2/c1-22(9-6-12-26(16-22)20(27)15-25-10-4-5-11-25)21-24-14-18(28-21)13-17-7-2-3-8-19(17)23/h2-3,7-8,14H,4-6,9-13,15-16H2,1H3. The highest BCUT2D eigenvalue weighted by molar-refractivity contribution is 5.78. The van der Waals surface area contributed by atoms with E-state index in [1.807, 2.05) is 11.0 Å². The van der Waals surface area contributed by atoms with E-state index in [1.54, 1.807) is 18.3 Å². The van der Waals surface area contributed by atoms with Crippen molar-refractivity contribution in [3.63, 3.8) is 0 Å². The predicted molar refractivity (Wildman–Crippen MR) is 105 cm³/mol. The molecule has 4 rings (SSSR count). The molecule has 1 aromatic heterocycles. The first-order chi connectivity index (χ1) is 13.5. The number of hydrogen-bond acceptors (Lipinski definition) is 4. The van der Waals surface area contributed by atoms with Crippen LogP contribution >= 0.6 is 0 Å². The number of piperidine rings is 1. The van der Waals surface area contributed by atoms with Crippen LogP contribution in [0.25, 0.3) is 0 Å². The van der Waals surface area contributed by atoms with Crippen molar-refractivity contribution >= 4 is 5.91 Å². The molecule has 0 bridgehead atoms. The second-order valence-corrected chi connectivity index (χ2v) is 8.36. The van der Waals surface area contributed by atoms with Gasteiger partial charge in [0, 0.05) is 19.5 Å². The van der Waals surface area contributed by atoms with Gasteiger partial charge in [0.2, 0.25) is 11.8 Å². The molecule has 2 aromatic rings. The molecule has 2 fully saturated rings. The molecule has 0 saturated carbocycles. The first-order valence-corrected chi connectivity index (χ1v) is 10.2. The summed E-state index contributed by atoms with van der Waals surface area (Å²) in [5, 5.41) is 0. The molecule has 2 aliphatic rings. The van der Waals surface area contributed by atoms with Gasteiger partial charge in [0.05, 0.1) is 18.2 Å². The van der Waals surface area contributed by atoms with E-state index in [1.165, 1.54) is 18.9 Å². The fourth-order valence-corrected chi connectivity index (χ4v) is 4.36. The third-order valence-electron chi connectivity index (χ3n) is 6.00. The monoisotopic (exact) mass is 385 g/mol. The fourth-order valence-electron chi connectivity index (χ4n) is 4.36. The maximum Gasteiger partial charge on any atom is 0.236 e. The number of carbonyl (C=O) groups excluding carboxylic acids is 1. The number of hydrogen-bond donors (Lipinski definition) is 0. The molecule has 28 heavy (non-hydrogen) atoms. The Morgan fingerprint density at radius 1 is 1.21 bits per heavy atom. The molecule has 0 aliphatic carbocycles. The van der Waals surface area contributed by atoms with Crippen LogP contribution in [0.3, 0.4) is 0 Å². The van der Waals surface area contributed by atoms with E-state index in [0.717, 1.165) is 32.5 Å². The third kappa shape index (κ3) is 4.12. The van der Waals surface area contributed by atoms with E-state index in [2.05, 4.69) is 16.8 Å². The second kappa shape index (κ2) is 8.03. The number of rotatable bonds is 5. The Hall–Kier alpha value is -2.21. The fraction of sp³-hybridized carbons (Fsp3) is 0.545. The summed E-state index contributed by atoms with van der Waals surface area (Å²) in [5.74, 6) is 1.27. The van der Waals surface area contributed by atoms with Crippen molar-refractivity contribution in [2.45, 2.75) is 44.4 Å². The highest BCUT2D eigenvalue weighted by Gasteiger charge is 2.38. The lowest BCUT2D eigenvalue weighted by Gasteiger charge is -2.39. The van der Waals surface area contributed by atoms with Crippen molar-refractivity contribution < 1.29 is 13.6 Å². The van der Waals surface area contributed by atoms with Gasteiger partial charge in [-0.15, -0.1) is 0 Å². The van der Waals surface area contributed by atoms with Gasteiger partial charge in [-0.05, 0) is 57.3 Å². The maximum absolute atomic E-state index is 13.9. The van der Waals surface area contributed by atoms with Crippen molar-refractivity contribution in [2.75, 3.05) is 32.7 Å². The summed E-state index contributed by atoms with van der Waals surface area (Å²) >= 11 is 0.